The monoisotopic (exact) mass is 786 g/mol. The molecule has 0 aromatic heterocycles. The fraction of sp³-hybridized carbons (Fsp3) is 0.824. The van der Waals surface area contributed by atoms with Gasteiger partial charge >= 0.3 is 0 Å². The van der Waals surface area contributed by atoms with E-state index in [-0.39, 0.29) is 6.61 Å². The molecule has 5 nitrogen and oxygen atoms in total. The van der Waals surface area contributed by atoms with E-state index in [1.54, 1.807) is 6.08 Å². The van der Waals surface area contributed by atoms with Gasteiger partial charge in [0.2, 0.25) is 5.91 Å². The zero-order valence-electron chi connectivity index (χ0n) is 37.3. The summed E-state index contributed by atoms with van der Waals surface area (Å²) in [7, 11) is 0. The van der Waals surface area contributed by atoms with Crippen molar-refractivity contribution in [3.63, 3.8) is 0 Å². The van der Waals surface area contributed by atoms with Crippen molar-refractivity contribution in [2.24, 2.45) is 0 Å². The van der Waals surface area contributed by atoms with Crippen molar-refractivity contribution in [2.75, 3.05) is 6.61 Å². The van der Waals surface area contributed by atoms with Crippen LogP contribution in [0.15, 0.2) is 48.6 Å². The van der Waals surface area contributed by atoms with Crippen LogP contribution in [0.2, 0.25) is 0 Å². The SMILES string of the molecule is CCCCCCCCCCC/C=C/CC/C=C/CC/C=C/C(O)C(CO)NC(=O)C(O)CCCCCCCCC/C=C\CCCCCCCCCCCCCC. The van der Waals surface area contributed by atoms with Crippen LogP contribution in [0.1, 0.15) is 245 Å². The van der Waals surface area contributed by atoms with E-state index >= 15 is 0 Å². The fourth-order valence-electron chi connectivity index (χ4n) is 7.27. The number of amides is 1. The van der Waals surface area contributed by atoms with E-state index in [1.807, 2.05) is 6.08 Å². The highest BCUT2D eigenvalue weighted by atomic mass is 16.3. The molecule has 5 heteroatoms. The summed E-state index contributed by atoms with van der Waals surface area (Å²) >= 11 is 0. The lowest BCUT2D eigenvalue weighted by molar-refractivity contribution is -0.131. The maximum Gasteiger partial charge on any atom is 0.249 e. The lowest BCUT2D eigenvalue weighted by atomic mass is 10.0. The van der Waals surface area contributed by atoms with Crippen molar-refractivity contribution in [3.8, 4) is 0 Å². The zero-order chi connectivity index (χ0) is 40.8. The molecule has 0 aliphatic carbocycles. The van der Waals surface area contributed by atoms with Gasteiger partial charge in [0.1, 0.15) is 6.10 Å². The molecule has 0 radical (unpaired) electrons. The number of unbranched alkanes of at least 4 members (excludes halogenated alkanes) is 30. The number of aliphatic hydroxyl groups excluding tert-OH is 3. The van der Waals surface area contributed by atoms with Gasteiger partial charge < -0.3 is 20.6 Å². The molecule has 0 heterocycles. The third kappa shape index (κ3) is 40.5. The maximum atomic E-state index is 12.5. The van der Waals surface area contributed by atoms with Crippen molar-refractivity contribution in [1.82, 2.24) is 5.32 Å². The molecule has 328 valence electrons. The van der Waals surface area contributed by atoms with Gasteiger partial charge in [-0.1, -0.05) is 223 Å². The second-order valence-corrected chi connectivity index (χ2v) is 16.6. The summed E-state index contributed by atoms with van der Waals surface area (Å²) in [5.74, 6) is -0.520. The van der Waals surface area contributed by atoms with Crippen molar-refractivity contribution >= 4 is 5.91 Å². The van der Waals surface area contributed by atoms with E-state index in [1.165, 1.54) is 180 Å². The molecule has 3 atom stereocenters. The Morgan fingerprint density at radius 2 is 0.732 bits per heavy atom. The van der Waals surface area contributed by atoms with Gasteiger partial charge in [-0.15, -0.1) is 0 Å². The summed E-state index contributed by atoms with van der Waals surface area (Å²) < 4.78 is 0. The highest BCUT2D eigenvalue weighted by Gasteiger charge is 2.22. The van der Waals surface area contributed by atoms with E-state index in [0.29, 0.717) is 6.42 Å². The molecule has 3 unspecified atom stereocenters. The van der Waals surface area contributed by atoms with Crippen LogP contribution in [-0.4, -0.2) is 46.1 Å². The Labute approximate surface area is 348 Å². The number of allylic oxidation sites excluding steroid dienone is 7. The predicted molar refractivity (Wildman–Crippen MR) is 245 cm³/mol. The molecule has 0 rings (SSSR count). The largest absolute Gasteiger partial charge is 0.394 e. The summed E-state index contributed by atoms with van der Waals surface area (Å²) in [5, 5.41) is 33.2. The Morgan fingerprint density at radius 3 is 1.09 bits per heavy atom. The smallest absolute Gasteiger partial charge is 0.249 e. The quantitative estimate of drug-likeness (QED) is 0.0366. The second-order valence-electron chi connectivity index (χ2n) is 16.6. The number of nitrogens with one attached hydrogen (secondary N) is 1. The van der Waals surface area contributed by atoms with Crippen molar-refractivity contribution < 1.29 is 20.1 Å². The molecule has 0 bridgehead atoms. The highest BCUT2D eigenvalue weighted by molar-refractivity contribution is 5.80. The van der Waals surface area contributed by atoms with Gasteiger partial charge in [-0.3, -0.25) is 4.79 Å². The lowest BCUT2D eigenvalue weighted by Gasteiger charge is -2.21. The van der Waals surface area contributed by atoms with Crippen LogP contribution in [0.25, 0.3) is 0 Å². The Balaban J connectivity index is 3.70. The van der Waals surface area contributed by atoms with Gasteiger partial charge in [-0.2, -0.15) is 0 Å². The van der Waals surface area contributed by atoms with Crippen LogP contribution in [0.5, 0.6) is 0 Å². The molecule has 1 amide bonds. The number of aliphatic hydroxyl groups is 3. The summed E-state index contributed by atoms with van der Waals surface area (Å²) in [6.45, 7) is 4.17. The van der Waals surface area contributed by atoms with Gasteiger partial charge in [-0.25, -0.2) is 0 Å². The molecule has 0 spiro atoms. The van der Waals surface area contributed by atoms with E-state index in [2.05, 4.69) is 55.6 Å². The standard InChI is InChI=1S/C51H95NO4/c1-3-5-7-9-11-13-15-17-19-21-23-24-25-26-28-30-32-34-36-38-40-42-44-46-50(55)51(56)52-48(47-53)49(54)45-43-41-39-37-35-33-31-29-27-22-20-18-16-14-12-10-8-6-4-2/h26-29,35,37,43,45,48-50,53-55H,3-25,30-34,36,38-42,44,46-47H2,1-2H3,(H,52,56)/b28-26-,29-27+,37-35+,45-43+. The molecule has 56 heavy (non-hydrogen) atoms. The van der Waals surface area contributed by atoms with Crippen LogP contribution >= 0.6 is 0 Å². The van der Waals surface area contributed by atoms with Crippen LogP contribution < -0.4 is 5.32 Å². The molecular formula is C51H95NO4. The topological polar surface area (TPSA) is 89.8 Å². The number of hydrogen-bond acceptors (Lipinski definition) is 4. The molecule has 0 aliphatic rings. The van der Waals surface area contributed by atoms with Gasteiger partial charge in [0, 0.05) is 0 Å². The Bertz CT molecular complexity index is 912. The normalized spacial score (nSPS) is 13.9. The van der Waals surface area contributed by atoms with E-state index in [4.69, 9.17) is 0 Å². The summed E-state index contributed by atoms with van der Waals surface area (Å²) in [4.78, 5) is 12.5. The first-order valence-corrected chi connectivity index (χ1v) is 24.5. The number of carbonyl (C=O) groups is 1. The van der Waals surface area contributed by atoms with Crippen molar-refractivity contribution in [1.29, 1.82) is 0 Å². The first-order chi connectivity index (χ1) is 27.6. The Morgan fingerprint density at radius 1 is 0.429 bits per heavy atom. The van der Waals surface area contributed by atoms with Crippen molar-refractivity contribution in [3.05, 3.63) is 48.6 Å². The predicted octanol–water partition coefficient (Wildman–Crippen LogP) is 14.5. The Hall–Kier alpha value is -1.69. The average Bonchev–Trinajstić information content (AvgIpc) is 3.20. The molecule has 0 aromatic carbocycles. The maximum absolute atomic E-state index is 12.5. The third-order valence-electron chi connectivity index (χ3n) is 11.1. The fourth-order valence-corrected chi connectivity index (χ4v) is 7.27. The molecular weight excluding hydrogens is 691 g/mol. The van der Waals surface area contributed by atoms with Crippen LogP contribution in [-0.2, 0) is 4.79 Å². The highest BCUT2D eigenvalue weighted by Crippen LogP contribution is 2.15. The van der Waals surface area contributed by atoms with Crippen molar-refractivity contribution in [2.45, 2.75) is 263 Å². The van der Waals surface area contributed by atoms with Gasteiger partial charge in [0.05, 0.1) is 18.8 Å². The molecule has 4 N–H and O–H groups in total. The minimum atomic E-state index is -1.11. The second kappa shape index (κ2) is 46.0. The van der Waals surface area contributed by atoms with Gasteiger partial charge in [0.25, 0.3) is 0 Å². The average molecular weight is 786 g/mol. The summed E-state index contributed by atoms with van der Waals surface area (Å²) in [6, 6.07) is -0.824. The zero-order valence-corrected chi connectivity index (χ0v) is 37.3. The van der Waals surface area contributed by atoms with E-state index in [0.717, 1.165) is 44.9 Å². The van der Waals surface area contributed by atoms with Crippen LogP contribution in [0.4, 0.5) is 0 Å². The molecule has 0 saturated carbocycles. The number of hydrogen-bond donors (Lipinski definition) is 4. The van der Waals surface area contributed by atoms with Gasteiger partial charge in [0.15, 0.2) is 0 Å². The first kappa shape index (κ1) is 54.3. The van der Waals surface area contributed by atoms with Crippen LogP contribution in [0.3, 0.4) is 0 Å². The number of rotatable bonds is 44. The van der Waals surface area contributed by atoms with Crippen LogP contribution in [0, 0.1) is 0 Å². The molecule has 0 fully saturated rings. The first-order valence-electron chi connectivity index (χ1n) is 24.5. The summed E-state index contributed by atoms with van der Waals surface area (Å²) in [5.41, 5.74) is 0. The molecule has 0 saturated heterocycles. The van der Waals surface area contributed by atoms with E-state index < -0.39 is 24.2 Å². The summed E-state index contributed by atoms with van der Waals surface area (Å²) in [6.07, 6.45) is 60.1. The number of carbonyl (C=O) groups excluding carboxylic acids is 1. The minimum absolute atomic E-state index is 0.383. The minimum Gasteiger partial charge on any atom is -0.394 e. The molecule has 0 aromatic rings. The lowest BCUT2D eigenvalue weighted by Crippen LogP contribution is -2.48. The Kier molecular flexibility index (Phi) is 44.6. The molecule has 0 aliphatic heterocycles. The van der Waals surface area contributed by atoms with Gasteiger partial charge in [-0.05, 0) is 70.6 Å². The third-order valence-corrected chi connectivity index (χ3v) is 11.1. The van der Waals surface area contributed by atoms with E-state index in [9.17, 15) is 20.1 Å².